The van der Waals surface area contributed by atoms with Gasteiger partial charge in [-0.2, -0.15) is 0 Å². The van der Waals surface area contributed by atoms with Crippen molar-refractivity contribution in [3.05, 3.63) is 35.8 Å². The van der Waals surface area contributed by atoms with Gasteiger partial charge in [0.2, 0.25) is 0 Å². The van der Waals surface area contributed by atoms with Gasteiger partial charge in [-0.3, -0.25) is 4.99 Å². The van der Waals surface area contributed by atoms with E-state index in [4.69, 9.17) is 0 Å². The predicted molar refractivity (Wildman–Crippen MR) is 131 cm³/mol. The van der Waals surface area contributed by atoms with E-state index in [-0.39, 0.29) is 29.8 Å². The normalized spacial score (nSPS) is 17.9. The number of rotatable bonds is 8. The molecule has 2 heterocycles. The smallest absolute Gasteiger partial charge is 0.190 e. The molecule has 0 spiro atoms. The van der Waals surface area contributed by atoms with Gasteiger partial charge in [0, 0.05) is 43.8 Å². The van der Waals surface area contributed by atoms with E-state index in [9.17, 15) is 4.39 Å². The zero-order valence-corrected chi connectivity index (χ0v) is 20.0. The van der Waals surface area contributed by atoms with Gasteiger partial charge in [0.25, 0.3) is 0 Å². The van der Waals surface area contributed by atoms with Gasteiger partial charge in [-0.15, -0.1) is 24.0 Å². The molecule has 5 nitrogen and oxygen atoms in total. The van der Waals surface area contributed by atoms with Crippen molar-refractivity contribution in [2.75, 3.05) is 39.8 Å². The maximum Gasteiger partial charge on any atom is 0.190 e. The van der Waals surface area contributed by atoms with Crippen molar-refractivity contribution < 1.29 is 4.39 Å². The number of likely N-dealkylation sites (tertiary alicyclic amines) is 1. The van der Waals surface area contributed by atoms with Crippen molar-refractivity contribution in [3.8, 4) is 0 Å². The van der Waals surface area contributed by atoms with Crippen LogP contribution in [-0.2, 0) is 6.42 Å². The Bertz CT molecular complexity index is 776. The molecule has 29 heavy (non-hydrogen) atoms. The minimum atomic E-state index is -0.196. The number of nitrogens with one attached hydrogen (secondary N) is 3. The zero-order chi connectivity index (χ0) is 19.8. The summed E-state index contributed by atoms with van der Waals surface area (Å²) in [7, 11) is 1.80. The Morgan fingerprint density at radius 1 is 1.28 bits per heavy atom. The van der Waals surface area contributed by atoms with Crippen LogP contribution in [0.25, 0.3) is 10.9 Å². The number of unbranched alkanes of at least 4 members (excludes halogenated alkanes) is 1. The fraction of sp³-hybridized carbons (Fsp3) is 0.591. The summed E-state index contributed by atoms with van der Waals surface area (Å²) in [5.41, 5.74) is 2.09. The van der Waals surface area contributed by atoms with Gasteiger partial charge < -0.3 is 20.5 Å². The van der Waals surface area contributed by atoms with Crippen molar-refractivity contribution in [1.82, 2.24) is 20.5 Å². The minimum absolute atomic E-state index is 0. The molecule has 0 amide bonds. The summed E-state index contributed by atoms with van der Waals surface area (Å²) in [5, 5.41) is 7.70. The maximum absolute atomic E-state index is 13.5. The molecule has 1 saturated heterocycles. The fourth-order valence-electron chi connectivity index (χ4n) is 4.05. The lowest BCUT2D eigenvalue weighted by atomic mass is 10.0. The highest BCUT2D eigenvalue weighted by Gasteiger charge is 2.15. The third-order valence-electron chi connectivity index (χ3n) is 5.57. The molecule has 0 aliphatic carbocycles. The van der Waals surface area contributed by atoms with Crippen LogP contribution < -0.4 is 10.6 Å². The molecule has 7 heteroatoms. The van der Waals surface area contributed by atoms with Gasteiger partial charge in [-0.1, -0.05) is 6.92 Å². The fourth-order valence-corrected chi connectivity index (χ4v) is 4.05. The summed E-state index contributed by atoms with van der Waals surface area (Å²) < 4.78 is 13.5. The van der Waals surface area contributed by atoms with Crippen LogP contribution in [0.1, 0.15) is 38.2 Å². The summed E-state index contributed by atoms with van der Waals surface area (Å²) in [6.45, 7) is 7.77. The van der Waals surface area contributed by atoms with Crippen molar-refractivity contribution in [3.63, 3.8) is 0 Å². The standard InChI is InChI=1S/C22H34FN5.HI/c1-17-6-5-13-28(16-17)12-4-3-10-25-22(24-2)26-11-9-18-15-27-21-8-7-19(23)14-20(18)21;/h7-8,14-15,17,27H,3-6,9-13,16H2,1-2H3,(H2,24,25,26);1H. The summed E-state index contributed by atoms with van der Waals surface area (Å²) in [5.74, 6) is 1.49. The number of aliphatic imine (C=N–C) groups is 1. The summed E-state index contributed by atoms with van der Waals surface area (Å²) in [6.07, 6.45) is 7.87. The first-order valence-corrected chi connectivity index (χ1v) is 10.6. The van der Waals surface area contributed by atoms with Gasteiger partial charge in [0.15, 0.2) is 5.96 Å². The molecule has 162 valence electrons. The first-order chi connectivity index (χ1) is 13.7. The highest BCUT2D eigenvalue weighted by atomic mass is 127. The second kappa shape index (κ2) is 12.4. The molecule has 1 atom stereocenters. The van der Waals surface area contributed by atoms with E-state index in [2.05, 4.69) is 32.4 Å². The first-order valence-electron chi connectivity index (χ1n) is 10.6. The van der Waals surface area contributed by atoms with Crippen molar-refractivity contribution in [1.29, 1.82) is 0 Å². The average molecular weight is 515 g/mol. The predicted octanol–water partition coefficient (Wildman–Crippen LogP) is 4.14. The number of benzene rings is 1. The Morgan fingerprint density at radius 3 is 2.90 bits per heavy atom. The maximum atomic E-state index is 13.5. The lowest BCUT2D eigenvalue weighted by Crippen LogP contribution is -2.39. The summed E-state index contributed by atoms with van der Waals surface area (Å²) in [4.78, 5) is 10.1. The van der Waals surface area contributed by atoms with Gasteiger partial charge in [0.1, 0.15) is 5.82 Å². The number of nitrogens with zero attached hydrogens (tertiary/aromatic N) is 2. The average Bonchev–Trinajstić information content (AvgIpc) is 3.08. The number of guanidine groups is 1. The van der Waals surface area contributed by atoms with Gasteiger partial charge >= 0.3 is 0 Å². The quantitative estimate of drug-likeness (QED) is 0.214. The number of hydrogen-bond donors (Lipinski definition) is 3. The second-order valence-corrected chi connectivity index (χ2v) is 7.93. The van der Waals surface area contributed by atoms with Gasteiger partial charge in [-0.05, 0) is 74.9 Å². The summed E-state index contributed by atoms with van der Waals surface area (Å²) in [6, 6.07) is 4.86. The molecule has 3 rings (SSSR count). The first kappa shape index (κ1) is 23.9. The molecular weight excluding hydrogens is 480 g/mol. The molecule has 1 aliphatic rings. The van der Waals surface area contributed by atoms with Crippen LogP contribution in [0.15, 0.2) is 29.4 Å². The van der Waals surface area contributed by atoms with Crippen LogP contribution in [0.4, 0.5) is 4.39 Å². The van der Waals surface area contributed by atoms with E-state index in [0.717, 1.165) is 54.3 Å². The van der Waals surface area contributed by atoms with E-state index in [1.807, 2.05) is 6.20 Å². The Morgan fingerprint density at radius 2 is 2.10 bits per heavy atom. The van der Waals surface area contributed by atoms with Crippen molar-refractivity contribution in [2.45, 2.75) is 39.0 Å². The zero-order valence-electron chi connectivity index (χ0n) is 17.6. The Hall–Kier alpha value is -1.35. The van der Waals surface area contributed by atoms with E-state index in [0.29, 0.717) is 0 Å². The van der Waals surface area contributed by atoms with Crippen LogP contribution in [0.3, 0.4) is 0 Å². The van der Waals surface area contributed by atoms with E-state index >= 15 is 0 Å². The van der Waals surface area contributed by atoms with Gasteiger partial charge in [0.05, 0.1) is 0 Å². The molecule has 0 saturated carbocycles. The largest absolute Gasteiger partial charge is 0.361 e. The Labute approximate surface area is 190 Å². The Balaban J connectivity index is 0.00000300. The van der Waals surface area contributed by atoms with Crippen molar-refractivity contribution >= 4 is 40.8 Å². The van der Waals surface area contributed by atoms with Crippen LogP contribution >= 0.6 is 24.0 Å². The minimum Gasteiger partial charge on any atom is -0.361 e. The number of hydrogen-bond acceptors (Lipinski definition) is 2. The molecule has 3 N–H and O–H groups in total. The van der Waals surface area contributed by atoms with Gasteiger partial charge in [-0.25, -0.2) is 4.39 Å². The topological polar surface area (TPSA) is 55.5 Å². The van der Waals surface area contributed by atoms with Crippen LogP contribution in [0, 0.1) is 11.7 Å². The molecule has 0 radical (unpaired) electrons. The third kappa shape index (κ3) is 7.44. The van der Waals surface area contributed by atoms with E-state index in [1.165, 1.54) is 45.0 Å². The third-order valence-corrected chi connectivity index (χ3v) is 5.57. The molecule has 1 unspecified atom stereocenters. The summed E-state index contributed by atoms with van der Waals surface area (Å²) >= 11 is 0. The second-order valence-electron chi connectivity index (χ2n) is 7.93. The molecular formula is C22H35FIN5. The molecule has 2 aromatic rings. The number of piperidine rings is 1. The van der Waals surface area contributed by atoms with Crippen LogP contribution in [0.5, 0.6) is 0 Å². The number of fused-ring (bicyclic) bond motifs is 1. The Kier molecular flexibility index (Phi) is 10.2. The van der Waals surface area contributed by atoms with E-state index < -0.39 is 0 Å². The molecule has 1 aliphatic heterocycles. The SMILES string of the molecule is CN=C(NCCCCN1CCCC(C)C1)NCCc1c[nH]c2ccc(F)cc12.I. The highest BCUT2D eigenvalue weighted by molar-refractivity contribution is 14.0. The lowest BCUT2D eigenvalue weighted by molar-refractivity contribution is 0.181. The number of halogens is 2. The van der Waals surface area contributed by atoms with Crippen molar-refractivity contribution in [2.24, 2.45) is 10.9 Å². The molecule has 1 aromatic heterocycles. The van der Waals surface area contributed by atoms with Crippen LogP contribution in [0.2, 0.25) is 0 Å². The van der Waals surface area contributed by atoms with E-state index in [1.54, 1.807) is 19.2 Å². The number of aromatic nitrogens is 1. The monoisotopic (exact) mass is 515 g/mol. The highest BCUT2D eigenvalue weighted by Crippen LogP contribution is 2.19. The molecule has 1 aromatic carbocycles. The lowest BCUT2D eigenvalue weighted by Gasteiger charge is -2.30. The number of aromatic amines is 1. The van der Waals surface area contributed by atoms with Crippen LogP contribution in [-0.4, -0.2) is 55.6 Å². The molecule has 0 bridgehead atoms. The molecule has 1 fully saturated rings. The number of H-pyrrole nitrogens is 1.